The highest BCUT2D eigenvalue weighted by atomic mass is 16.5. The number of rotatable bonds is 7. The number of ether oxygens (including phenoxy) is 2. The molecule has 1 atom stereocenters. The Balaban J connectivity index is 1.74. The van der Waals surface area contributed by atoms with Gasteiger partial charge in [0.05, 0.1) is 23.6 Å². The van der Waals surface area contributed by atoms with Gasteiger partial charge in [0.2, 0.25) is 5.76 Å². The maximum Gasteiger partial charge on any atom is 0.296 e. The molecule has 0 unspecified atom stereocenters. The number of nitrogens with zero attached hydrogens (tertiary/aromatic N) is 2. The molecule has 1 aliphatic heterocycles. The van der Waals surface area contributed by atoms with E-state index in [0.29, 0.717) is 47.1 Å². The molecule has 7 heteroatoms. The third-order valence-corrected chi connectivity index (χ3v) is 5.86. The number of fused-ring (bicyclic) bond motifs is 2. The van der Waals surface area contributed by atoms with E-state index in [9.17, 15) is 9.59 Å². The van der Waals surface area contributed by atoms with E-state index < -0.39 is 11.9 Å². The average molecular weight is 469 g/mol. The van der Waals surface area contributed by atoms with Crippen LogP contribution in [0, 0.1) is 6.92 Å². The van der Waals surface area contributed by atoms with E-state index in [1.54, 1.807) is 54.7 Å². The van der Waals surface area contributed by atoms with E-state index in [1.165, 1.54) is 4.90 Å². The molecule has 0 fully saturated rings. The Kier molecular flexibility index (Phi) is 5.82. The first-order chi connectivity index (χ1) is 17.0. The number of anilines is 1. The number of pyridine rings is 1. The summed E-state index contributed by atoms with van der Waals surface area (Å²) in [6.45, 7) is 8.22. The largest absolute Gasteiger partial charge is 0.490 e. The highest BCUT2D eigenvalue weighted by Gasteiger charge is 2.44. The summed E-state index contributed by atoms with van der Waals surface area (Å²) in [5, 5.41) is 0.415. The number of benzene rings is 2. The van der Waals surface area contributed by atoms with Gasteiger partial charge >= 0.3 is 0 Å². The maximum atomic E-state index is 13.7. The zero-order valence-electron chi connectivity index (χ0n) is 19.5. The molecule has 35 heavy (non-hydrogen) atoms. The quantitative estimate of drug-likeness (QED) is 0.346. The van der Waals surface area contributed by atoms with Gasteiger partial charge in [-0.2, -0.15) is 0 Å². The Hall–Kier alpha value is -4.39. The molecule has 0 saturated heterocycles. The van der Waals surface area contributed by atoms with Gasteiger partial charge in [-0.3, -0.25) is 14.5 Å². The van der Waals surface area contributed by atoms with E-state index in [0.717, 1.165) is 5.56 Å². The van der Waals surface area contributed by atoms with Crippen LogP contribution in [0.5, 0.6) is 11.5 Å². The van der Waals surface area contributed by atoms with Crippen LogP contribution >= 0.6 is 0 Å². The first-order valence-electron chi connectivity index (χ1n) is 11.4. The van der Waals surface area contributed by atoms with Gasteiger partial charge in [-0.05, 0) is 55.3 Å². The second-order valence-electron chi connectivity index (χ2n) is 8.18. The predicted octanol–water partition coefficient (Wildman–Crippen LogP) is 5.21. The Morgan fingerprint density at radius 3 is 2.66 bits per heavy atom. The van der Waals surface area contributed by atoms with E-state index in [2.05, 4.69) is 11.6 Å². The molecule has 2 aromatic heterocycles. The molecule has 3 heterocycles. The molecule has 0 aliphatic carbocycles. The summed E-state index contributed by atoms with van der Waals surface area (Å²) < 4.78 is 17.6. The molecule has 0 radical (unpaired) electrons. The standard InChI is InChI=1S/C28H24N2O5/c1-4-14-34-21-12-11-18(15-22(21)33-5-2)25-24-26(31)19-8-6-7-9-20(19)35-27(24)28(32)30(25)23-13-10-17(3)16-29-23/h4,6-13,15-16,25H,1,5,14H2,2-3H3/t25-/m0/s1. The van der Waals surface area contributed by atoms with Crippen LogP contribution in [0.2, 0.25) is 0 Å². The van der Waals surface area contributed by atoms with Gasteiger partial charge in [-0.1, -0.05) is 36.9 Å². The van der Waals surface area contributed by atoms with Crippen molar-refractivity contribution >= 4 is 22.7 Å². The summed E-state index contributed by atoms with van der Waals surface area (Å²) >= 11 is 0. The lowest BCUT2D eigenvalue weighted by atomic mass is 9.98. The summed E-state index contributed by atoms with van der Waals surface area (Å²) in [7, 11) is 0. The first kappa shape index (κ1) is 22.4. The fourth-order valence-electron chi connectivity index (χ4n) is 4.30. The van der Waals surface area contributed by atoms with Crippen molar-refractivity contribution in [1.82, 2.24) is 4.98 Å². The fourth-order valence-corrected chi connectivity index (χ4v) is 4.30. The number of aryl methyl sites for hydroxylation is 1. The number of amides is 1. The summed E-state index contributed by atoms with van der Waals surface area (Å²) in [4.78, 5) is 33.3. The average Bonchev–Trinajstić information content (AvgIpc) is 3.16. The third kappa shape index (κ3) is 3.85. The van der Waals surface area contributed by atoms with Crippen LogP contribution in [0.1, 0.15) is 40.2 Å². The van der Waals surface area contributed by atoms with Gasteiger partial charge in [-0.15, -0.1) is 0 Å². The van der Waals surface area contributed by atoms with Crippen LogP contribution in [0.4, 0.5) is 5.82 Å². The minimum absolute atomic E-state index is 0.0195. The van der Waals surface area contributed by atoms with E-state index in [4.69, 9.17) is 13.9 Å². The molecule has 0 spiro atoms. The molecule has 5 rings (SSSR count). The Bertz CT molecular complexity index is 1490. The predicted molar refractivity (Wildman–Crippen MR) is 133 cm³/mol. The van der Waals surface area contributed by atoms with Crippen LogP contribution < -0.4 is 19.8 Å². The molecule has 7 nitrogen and oxygen atoms in total. The summed E-state index contributed by atoms with van der Waals surface area (Å²) in [5.41, 5.74) is 2.02. The van der Waals surface area contributed by atoms with Crippen molar-refractivity contribution in [3.05, 3.63) is 106 Å². The lowest BCUT2D eigenvalue weighted by Crippen LogP contribution is -2.30. The van der Waals surface area contributed by atoms with Crippen molar-refractivity contribution in [2.75, 3.05) is 18.1 Å². The van der Waals surface area contributed by atoms with Gasteiger partial charge in [-0.25, -0.2) is 4.98 Å². The van der Waals surface area contributed by atoms with Gasteiger partial charge in [0.25, 0.3) is 5.91 Å². The highest BCUT2D eigenvalue weighted by Crippen LogP contribution is 2.42. The summed E-state index contributed by atoms with van der Waals surface area (Å²) in [6, 6.07) is 15.2. The monoisotopic (exact) mass is 468 g/mol. The molecular weight excluding hydrogens is 444 g/mol. The van der Waals surface area contributed by atoms with Crippen LogP contribution in [0.3, 0.4) is 0 Å². The van der Waals surface area contributed by atoms with E-state index in [1.807, 2.05) is 26.0 Å². The molecule has 0 bridgehead atoms. The number of aromatic nitrogens is 1. The minimum Gasteiger partial charge on any atom is -0.490 e. The number of carbonyl (C=O) groups is 1. The van der Waals surface area contributed by atoms with Crippen molar-refractivity contribution in [3.63, 3.8) is 0 Å². The number of hydrogen-bond donors (Lipinski definition) is 0. The van der Waals surface area contributed by atoms with Crippen molar-refractivity contribution in [3.8, 4) is 11.5 Å². The Morgan fingerprint density at radius 1 is 1.09 bits per heavy atom. The molecule has 4 aromatic rings. The van der Waals surface area contributed by atoms with Gasteiger partial charge in [0, 0.05) is 6.20 Å². The van der Waals surface area contributed by atoms with Crippen molar-refractivity contribution in [1.29, 1.82) is 0 Å². The topological polar surface area (TPSA) is 81.9 Å². The Morgan fingerprint density at radius 2 is 1.91 bits per heavy atom. The van der Waals surface area contributed by atoms with Crippen LogP contribution in [-0.4, -0.2) is 24.1 Å². The number of hydrogen-bond acceptors (Lipinski definition) is 6. The van der Waals surface area contributed by atoms with Gasteiger partial charge in [0.1, 0.15) is 18.0 Å². The third-order valence-electron chi connectivity index (χ3n) is 5.86. The molecule has 176 valence electrons. The molecule has 1 aliphatic rings. The number of carbonyl (C=O) groups excluding carboxylic acids is 1. The molecule has 1 amide bonds. The van der Waals surface area contributed by atoms with E-state index >= 15 is 0 Å². The lowest BCUT2D eigenvalue weighted by Gasteiger charge is -2.25. The van der Waals surface area contributed by atoms with Crippen LogP contribution in [0.25, 0.3) is 11.0 Å². The first-order valence-corrected chi connectivity index (χ1v) is 11.4. The lowest BCUT2D eigenvalue weighted by molar-refractivity contribution is 0.0970. The van der Waals surface area contributed by atoms with Crippen molar-refractivity contribution < 1.29 is 18.7 Å². The molecule has 2 aromatic carbocycles. The second kappa shape index (κ2) is 9.10. The highest BCUT2D eigenvalue weighted by molar-refractivity contribution is 6.10. The summed E-state index contributed by atoms with van der Waals surface area (Å²) in [6.07, 6.45) is 3.34. The fraction of sp³-hybridized carbons (Fsp3) is 0.179. The molecule has 0 saturated carbocycles. The van der Waals surface area contributed by atoms with Crippen molar-refractivity contribution in [2.24, 2.45) is 0 Å². The molecule has 0 N–H and O–H groups in total. The smallest absolute Gasteiger partial charge is 0.296 e. The van der Waals surface area contributed by atoms with Crippen molar-refractivity contribution in [2.45, 2.75) is 19.9 Å². The summed E-state index contributed by atoms with van der Waals surface area (Å²) in [5.74, 6) is 1.07. The SMILES string of the molecule is C=CCOc1ccc([C@H]2c3c(oc4ccccc4c3=O)C(=O)N2c2ccc(C)cn2)cc1OCC. The van der Waals surface area contributed by atoms with Gasteiger partial charge in [0.15, 0.2) is 16.9 Å². The van der Waals surface area contributed by atoms with E-state index in [-0.39, 0.29) is 16.8 Å². The van der Waals surface area contributed by atoms with Crippen LogP contribution in [-0.2, 0) is 0 Å². The second-order valence-corrected chi connectivity index (χ2v) is 8.18. The zero-order valence-corrected chi connectivity index (χ0v) is 19.5. The Labute approximate surface area is 202 Å². The molecular formula is C28H24N2O5. The van der Waals surface area contributed by atoms with Gasteiger partial charge < -0.3 is 13.9 Å². The maximum absolute atomic E-state index is 13.7. The normalized spacial score (nSPS) is 14.7. The minimum atomic E-state index is -0.749. The van der Waals surface area contributed by atoms with Crippen LogP contribution in [0.15, 0.2) is 82.7 Å². The zero-order chi connectivity index (χ0) is 24.5. The number of para-hydroxylation sites is 1.